The minimum atomic E-state index is -4.39. The molecule has 0 aliphatic carbocycles. The van der Waals surface area contributed by atoms with Gasteiger partial charge >= 0.3 is 6.18 Å². The van der Waals surface area contributed by atoms with Gasteiger partial charge in [0.25, 0.3) is 5.89 Å². The molecule has 0 bridgehead atoms. The predicted octanol–water partition coefficient (Wildman–Crippen LogP) is 3.08. The van der Waals surface area contributed by atoms with Gasteiger partial charge in [-0.2, -0.15) is 18.2 Å². The molecule has 1 aromatic heterocycles. The van der Waals surface area contributed by atoms with Crippen molar-refractivity contribution in [2.45, 2.75) is 12.6 Å². The van der Waals surface area contributed by atoms with Gasteiger partial charge in [0.2, 0.25) is 0 Å². The van der Waals surface area contributed by atoms with Gasteiger partial charge in [0.15, 0.2) is 5.82 Å². The largest absolute Gasteiger partial charge is 0.397 e. The van der Waals surface area contributed by atoms with Gasteiger partial charge in [-0.15, -0.1) is 0 Å². The van der Waals surface area contributed by atoms with E-state index in [0.717, 1.165) is 0 Å². The third-order valence-corrected chi connectivity index (χ3v) is 2.44. The van der Waals surface area contributed by atoms with Gasteiger partial charge in [-0.3, -0.25) is 0 Å². The molecule has 18 heavy (non-hydrogen) atoms. The fourth-order valence-electron chi connectivity index (χ4n) is 1.34. The van der Waals surface area contributed by atoms with E-state index in [4.69, 9.17) is 21.9 Å². The summed E-state index contributed by atoms with van der Waals surface area (Å²) in [6.45, 7) is 0. The van der Waals surface area contributed by atoms with E-state index in [1.807, 2.05) is 0 Å². The first-order chi connectivity index (χ1) is 8.37. The second kappa shape index (κ2) is 4.49. The van der Waals surface area contributed by atoms with Crippen LogP contribution in [0.4, 0.5) is 18.9 Å². The zero-order valence-electron chi connectivity index (χ0n) is 8.83. The number of anilines is 1. The number of nitrogen functional groups attached to an aromatic ring is 1. The van der Waals surface area contributed by atoms with E-state index >= 15 is 0 Å². The zero-order valence-corrected chi connectivity index (χ0v) is 9.59. The first kappa shape index (κ1) is 12.7. The Hall–Kier alpha value is -1.76. The number of nitrogens with zero attached hydrogens (tertiary/aromatic N) is 2. The van der Waals surface area contributed by atoms with E-state index in [0.29, 0.717) is 5.56 Å². The minimum absolute atomic E-state index is 0.0887. The monoisotopic (exact) mass is 277 g/mol. The molecule has 0 saturated heterocycles. The maximum atomic E-state index is 12.1. The number of halogens is 4. The van der Waals surface area contributed by atoms with Gasteiger partial charge in [0, 0.05) is 0 Å². The Morgan fingerprint density at radius 1 is 1.33 bits per heavy atom. The van der Waals surface area contributed by atoms with Crippen LogP contribution in [0.2, 0.25) is 5.02 Å². The lowest BCUT2D eigenvalue weighted by atomic mass is 10.2. The van der Waals surface area contributed by atoms with Crippen molar-refractivity contribution in [3.63, 3.8) is 0 Å². The summed E-state index contributed by atoms with van der Waals surface area (Å²) in [6.07, 6.45) is -5.64. The van der Waals surface area contributed by atoms with Gasteiger partial charge < -0.3 is 10.3 Å². The molecule has 0 radical (unpaired) electrons. The highest BCUT2D eigenvalue weighted by atomic mass is 35.5. The van der Waals surface area contributed by atoms with Gasteiger partial charge in [0.05, 0.1) is 16.3 Å². The first-order valence-electron chi connectivity index (χ1n) is 4.80. The number of benzene rings is 1. The van der Waals surface area contributed by atoms with Crippen LogP contribution < -0.4 is 5.73 Å². The van der Waals surface area contributed by atoms with E-state index in [2.05, 4.69) is 10.1 Å². The lowest BCUT2D eigenvalue weighted by molar-refractivity contribution is -0.128. The first-order valence-corrected chi connectivity index (χ1v) is 5.18. The summed E-state index contributed by atoms with van der Waals surface area (Å²) < 4.78 is 41.1. The Labute approximate surface area is 105 Å². The Kier molecular flexibility index (Phi) is 3.16. The van der Waals surface area contributed by atoms with Crippen molar-refractivity contribution >= 4 is 17.3 Å². The Morgan fingerprint density at radius 3 is 2.72 bits per heavy atom. The SMILES string of the molecule is Nc1c(Cl)cccc1-c1nc(CC(F)(F)F)no1. The van der Waals surface area contributed by atoms with Crippen LogP contribution in [0.3, 0.4) is 0 Å². The molecule has 0 spiro atoms. The molecule has 1 heterocycles. The molecule has 8 heteroatoms. The van der Waals surface area contributed by atoms with Crippen LogP contribution in [-0.2, 0) is 6.42 Å². The molecule has 4 nitrogen and oxygen atoms in total. The van der Waals surface area contributed by atoms with Gasteiger partial charge in [-0.05, 0) is 12.1 Å². The lowest BCUT2D eigenvalue weighted by Crippen LogP contribution is -2.12. The van der Waals surface area contributed by atoms with Crippen molar-refractivity contribution in [2.75, 3.05) is 5.73 Å². The summed E-state index contributed by atoms with van der Waals surface area (Å²) in [5.41, 5.74) is 6.16. The van der Waals surface area contributed by atoms with E-state index in [1.54, 1.807) is 12.1 Å². The standard InChI is InChI=1S/C10H7ClF3N3O/c11-6-3-1-2-5(8(6)15)9-16-7(17-18-9)4-10(12,13)14/h1-3H,4,15H2. The van der Waals surface area contributed by atoms with Crippen LogP contribution in [0.15, 0.2) is 22.7 Å². The molecule has 96 valence electrons. The second-order valence-electron chi connectivity index (χ2n) is 3.51. The van der Waals surface area contributed by atoms with Crippen molar-refractivity contribution in [1.82, 2.24) is 10.1 Å². The van der Waals surface area contributed by atoms with Crippen molar-refractivity contribution in [2.24, 2.45) is 0 Å². The second-order valence-corrected chi connectivity index (χ2v) is 3.92. The maximum Gasteiger partial charge on any atom is 0.396 e. The Bertz CT molecular complexity index is 568. The number of hydrogen-bond donors (Lipinski definition) is 1. The zero-order chi connectivity index (χ0) is 13.3. The van der Waals surface area contributed by atoms with Gasteiger partial charge in [0.1, 0.15) is 6.42 Å². The van der Waals surface area contributed by atoms with Crippen LogP contribution in [0.25, 0.3) is 11.5 Å². The molecule has 2 N–H and O–H groups in total. The minimum Gasteiger partial charge on any atom is -0.397 e. The highest BCUT2D eigenvalue weighted by Gasteiger charge is 2.30. The molecule has 0 aliphatic rings. The number of hydrogen-bond acceptors (Lipinski definition) is 4. The molecule has 1 aromatic carbocycles. The van der Waals surface area contributed by atoms with Crippen LogP contribution in [0.5, 0.6) is 0 Å². The molecule has 2 rings (SSSR count). The Morgan fingerprint density at radius 2 is 2.06 bits per heavy atom. The highest BCUT2D eigenvalue weighted by Crippen LogP contribution is 2.30. The predicted molar refractivity (Wildman–Crippen MR) is 58.9 cm³/mol. The van der Waals surface area contributed by atoms with Crippen LogP contribution in [0.1, 0.15) is 5.82 Å². The van der Waals surface area contributed by atoms with Crippen molar-refractivity contribution in [3.05, 3.63) is 29.0 Å². The molecule has 0 atom stereocenters. The Balaban J connectivity index is 2.33. The molecule has 0 aliphatic heterocycles. The van der Waals surface area contributed by atoms with Crippen LogP contribution >= 0.6 is 11.6 Å². The van der Waals surface area contributed by atoms with Crippen molar-refractivity contribution in [3.8, 4) is 11.5 Å². The molecular weight excluding hydrogens is 271 g/mol. The summed E-state index contributed by atoms with van der Waals surface area (Å²) in [7, 11) is 0. The number of nitrogens with two attached hydrogens (primary N) is 1. The fourth-order valence-corrected chi connectivity index (χ4v) is 1.51. The molecule has 2 aromatic rings. The van der Waals surface area contributed by atoms with Crippen molar-refractivity contribution < 1.29 is 17.7 Å². The van der Waals surface area contributed by atoms with Crippen molar-refractivity contribution in [1.29, 1.82) is 0 Å². The van der Waals surface area contributed by atoms with E-state index in [1.165, 1.54) is 6.07 Å². The summed E-state index contributed by atoms with van der Waals surface area (Å²) in [5.74, 6) is -0.536. The summed E-state index contributed by atoms with van der Waals surface area (Å²) in [4.78, 5) is 3.63. The van der Waals surface area contributed by atoms with E-state index in [9.17, 15) is 13.2 Å². The topological polar surface area (TPSA) is 64.9 Å². The maximum absolute atomic E-state index is 12.1. The molecule has 0 saturated carbocycles. The third kappa shape index (κ3) is 2.73. The number of alkyl halides is 3. The number of para-hydroxylation sites is 1. The average molecular weight is 278 g/mol. The van der Waals surface area contributed by atoms with Gasteiger partial charge in [-0.25, -0.2) is 0 Å². The third-order valence-electron chi connectivity index (χ3n) is 2.11. The summed E-state index contributed by atoms with van der Waals surface area (Å²) in [5, 5.41) is 3.51. The van der Waals surface area contributed by atoms with Crippen LogP contribution in [-0.4, -0.2) is 16.3 Å². The highest BCUT2D eigenvalue weighted by molar-refractivity contribution is 6.33. The quantitative estimate of drug-likeness (QED) is 0.857. The normalized spacial score (nSPS) is 11.8. The average Bonchev–Trinajstić information content (AvgIpc) is 2.68. The lowest BCUT2D eigenvalue weighted by Gasteiger charge is -2.02. The van der Waals surface area contributed by atoms with Crippen LogP contribution in [0, 0.1) is 0 Å². The number of aromatic nitrogens is 2. The number of rotatable bonds is 2. The molecule has 0 amide bonds. The molecule has 0 unspecified atom stereocenters. The summed E-state index contributed by atoms with van der Waals surface area (Å²) >= 11 is 5.78. The molecule has 0 fully saturated rings. The smallest absolute Gasteiger partial charge is 0.396 e. The summed E-state index contributed by atoms with van der Waals surface area (Å²) in [6, 6.07) is 4.67. The fraction of sp³-hybridized carbons (Fsp3) is 0.200. The molecular formula is C10H7ClF3N3O. The van der Waals surface area contributed by atoms with Gasteiger partial charge in [-0.1, -0.05) is 22.8 Å². The van der Waals surface area contributed by atoms with E-state index < -0.39 is 18.4 Å². The van der Waals surface area contributed by atoms with E-state index in [-0.39, 0.29) is 16.6 Å².